The molecule has 0 aliphatic carbocycles. The molecular formula is C18H13BrO3S. The first-order valence-electron chi connectivity index (χ1n) is 6.86. The molecule has 0 heterocycles. The predicted molar refractivity (Wildman–Crippen MR) is 96.0 cm³/mol. The Morgan fingerprint density at radius 2 is 1.65 bits per heavy atom. The molecule has 0 spiro atoms. The molecule has 0 N–H and O–H groups in total. The van der Waals surface area contributed by atoms with Gasteiger partial charge in [0.2, 0.25) is 0 Å². The first-order chi connectivity index (χ1) is 11.0. The van der Waals surface area contributed by atoms with E-state index in [0.29, 0.717) is 10.0 Å². The molecule has 0 bridgehead atoms. The van der Waals surface area contributed by atoms with Crippen LogP contribution in [0.5, 0.6) is 5.75 Å². The Balaban J connectivity index is 2.12. The molecule has 0 unspecified atom stereocenters. The third-order valence-corrected chi connectivity index (χ3v) is 5.69. The van der Waals surface area contributed by atoms with Crippen LogP contribution >= 0.6 is 15.9 Å². The Morgan fingerprint density at radius 1 is 0.957 bits per heavy atom. The summed E-state index contributed by atoms with van der Waals surface area (Å²) in [5.41, 5.74) is 0.652. The second kappa shape index (κ2) is 6.18. The third-order valence-electron chi connectivity index (χ3n) is 3.44. The lowest BCUT2D eigenvalue weighted by Gasteiger charge is -2.12. The van der Waals surface area contributed by atoms with Crippen molar-refractivity contribution in [2.45, 2.75) is 4.90 Å². The minimum absolute atomic E-state index is 0.0863. The molecule has 3 nitrogen and oxygen atoms in total. The van der Waals surface area contributed by atoms with Crippen LogP contribution in [0.25, 0.3) is 16.8 Å². The summed E-state index contributed by atoms with van der Waals surface area (Å²) in [4.78, 5) is 0.0863. The summed E-state index contributed by atoms with van der Waals surface area (Å²) < 4.78 is 30.9. The standard InChI is InChI=1S/C18H13BrO3S/c1-2-14-15-8-4-3-7-13(15)11-12-17(14)22-23(20,21)18-10-6-5-9-16(18)19/h2-12H,1H2. The fraction of sp³-hybridized carbons (Fsp3) is 0. The van der Waals surface area contributed by atoms with E-state index in [1.165, 1.54) is 6.07 Å². The molecule has 0 radical (unpaired) electrons. The van der Waals surface area contributed by atoms with Crippen LogP contribution in [0, 0.1) is 0 Å². The van der Waals surface area contributed by atoms with E-state index in [2.05, 4.69) is 22.5 Å². The maximum Gasteiger partial charge on any atom is 0.340 e. The summed E-state index contributed by atoms with van der Waals surface area (Å²) in [6, 6.07) is 17.7. The minimum atomic E-state index is -3.94. The second-order valence-electron chi connectivity index (χ2n) is 4.87. The van der Waals surface area contributed by atoms with E-state index in [9.17, 15) is 8.42 Å². The zero-order chi connectivity index (χ0) is 16.4. The first-order valence-corrected chi connectivity index (χ1v) is 9.06. The van der Waals surface area contributed by atoms with Gasteiger partial charge in [-0.2, -0.15) is 8.42 Å². The van der Waals surface area contributed by atoms with Crippen molar-refractivity contribution in [3.05, 3.63) is 77.3 Å². The molecule has 3 rings (SSSR count). The highest BCUT2D eigenvalue weighted by atomic mass is 79.9. The molecule has 5 heteroatoms. The van der Waals surface area contributed by atoms with Crippen LogP contribution in [0.2, 0.25) is 0 Å². The van der Waals surface area contributed by atoms with Crippen LogP contribution < -0.4 is 4.18 Å². The number of rotatable bonds is 4. The lowest BCUT2D eigenvalue weighted by Crippen LogP contribution is -2.11. The van der Waals surface area contributed by atoms with E-state index in [1.807, 2.05) is 30.3 Å². The minimum Gasteiger partial charge on any atom is -0.378 e. The van der Waals surface area contributed by atoms with Crippen molar-refractivity contribution >= 4 is 42.9 Å². The fourth-order valence-electron chi connectivity index (χ4n) is 2.37. The summed E-state index contributed by atoms with van der Waals surface area (Å²) in [6.07, 6.45) is 1.60. The fourth-order valence-corrected chi connectivity index (χ4v) is 4.27. The highest BCUT2D eigenvalue weighted by Gasteiger charge is 2.21. The average Bonchev–Trinajstić information content (AvgIpc) is 2.54. The van der Waals surface area contributed by atoms with Gasteiger partial charge in [-0.05, 0) is 44.9 Å². The quantitative estimate of drug-likeness (QED) is 0.589. The average molecular weight is 389 g/mol. The number of fused-ring (bicyclic) bond motifs is 1. The Hall–Kier alpha value is -2.11. The molecule has 0 aliphatic rings. The van der Waals surface area contributed by atoms with Gasteiger partial charge in [0.15, 0.2) is 5.75 Å². The molecular weight excluding hydrogens is 376 g/mol. The number of hydrogen-bond donors (Lipinski definition) is 0. The van der Waals surface area contributed by atoms with Gasteiger partial charge in [0.1, 0.15) is 4.90 Å². The molecule has 0 saturated carbocycles. The molecule has 116 valence electrons. The Kier molecular flexibility index (Phi) is 4.24. The van der Waals surface area contributed by atoms with E-state index >= 15 is 0 Å². The van der Waals surface area contributed by atoms with Gasteiger partial charge in [0.25, 0.3) is 0 Å². The maximum absolute atomic E-state index is 12.5. The van der Waals surface area contributed by atoms with Crippen LogP contribution in [0.15, 0.2) is 76.6 Å². The molecule has 0 atom stereocenters. The van der Waals surface area contributed by atoms with Crippen molar-refractivity contribution in [1.82, 2.24) is 0 Å². The van der Waals surface area contributed by atoms with Gasteiger partial charge >= 0.3 is 10.1 Å². The second-order valence-corrected chi connectivity index (χ2v) is 7.24. The summed E-state index contributed by atoms with van der Waals surface area (Å²) in [5.74, 6) is 0.259. The smallest absolute Gasteiger partial charge is 0.340 e. The van der Waals surface area contributed by atoms with Crippen molar-refractivity contribution in [1.29, 1.82) is 0 Å². The van der Waals surface area contributed by atoms with E-state index in [0.717, 1.165) is 10.8 Å². The van der Waals surface area contributed by atoms with Gasteiger partial charge in [-0.1, -0.05) is 55.1 Å². The monoisotopic (exact) mass is 388 g/mol. The van der Waals surface area contributed by atoms with Crippen LogP contribution in [0.1, 0.15) is 5.56 Å². The van der Waals surface area contributed by atoms with E-state index in [4.69, 9.17) is 4.18 Å². The van der Waals surface area contributed by atoms with Crippen LogP contribution in [-0.4, -0.2) is 8.42 Å². The SMILES string of the molecule is C=Cc1c(OS(=O)(=O)c2ccccc2Br)ccc2ccccc12. The highest BCUT2D eigenvalue weighted by molar-refractivity contribution is 9.10. The maximum atomic E-state index is 12.5. The molecule has 3 aromatic carbocycles. The Labute approximate surface area is 143 Å². The highest BCUT2D eigenvalue weighted by Crippen LogP contribution is 2.32. The van der Waals surface area contributed by atoms with Gasteiger partial charge in [-0.25, -0.2) is 0 Å². The molecule has 0 amide bonds. The largest absolute Gasteiger partial charge is 0.378 e. The van der Waals surface area contributed by atoms with Gasteiger partial charge in [0, 0.05) is 10.0 Å². The molecule has 0 aromatic heterocycles. The van der Waals surface area contributed by atoms with Gasteiger partial charge < -0.3 is 4.18 Å². The normalized spacial score (nSPS) is 11.3. The van der Waals surface area contributed by atoms with E-state index in [-0.39, 0.29) is 10.6 Å². The van der Waals surface area contributed by atoms with Crippen molar-refractivity contribution < 1.29 is 12.6 Å². The number of benzene rings is 3. The predicted octanol–water partition coefficient (Wildman–Crippen LogP) is 5.01. The Morgan fingerprint density at radius 3 is 2.39 bits per heavy atom. The molecule has 3 aromatic rings. The van der Waals surface area contributed by atoms with Gasteiger partial charge in [0.05, 0.1) is 0 Å². The van der Waals surface area contributed by atoms with Crippen molar-refractivity contribution in [3.63, 3.8) is 0 Å². The van der Waals surface area contributed by atoms with Gasteiger partial charge in [-0.15, -0.1) is 0 Å². The lowest BCUT2D eigenvalue weighted by molar-refractivity contribution is 0.485. The number of halogens is 1. The summed E-state index contributed by atoms with van der Waals surface area (Å²) in [5, 5.41) is 1.88. The Bertz CT molecular complexity index is 994. The zero-order valence-electron chi connectivity index (χ0n) is 12.1. The van der Waals surface area contributed by atoms with Crippen molar-refractivity contribution in [2.24, 2.45) is 0 Å². The van der Waals surface area contributed by atoms with Crippen LogP contribution in [-0.2, 0) is 10.1 Å². The lowest BCUT2D eigenvalue weighted by atomic mass is 10.0. The summed E-state index contributed by atoms with van der Waals surface area (Å²) >= 11 is 3.24. The molecule has 0 aliphatic heterocycles. The van der Waals surface area contributed by atoms with E-state index in [1.54, 1.807) is 30.3 Å². The van der Waals surface area contributed by atoms with Crippen LogP contribution in [0.3, 0.4) is 0 Å². The number of hydrogen-bond acceptors (Lipinski definition) is 3. The van der Waals surface area contributed by atoms with E-state index < -0.39 is 10.1 Å². The zero-order valence-corrected chi connectivity index (χ0v) is 14.5. The topological polar surface area (TPSA) is 43.4 Å². The molecule has 23 heavy (non-hydrogen) atoms. The first kappa shape index (κ1) is 15.8. The molecule has 0 saturated heterocycles. The van der Waals surface area contributed by atoms with Gasteiger partial charge in [-0.3, -0.25) is 0 Å². The van der Waals surface area contributed by atoms with Crippen molar-refractivity contribution in [2.75, 3.05) is 0 Å². The van der Waals surface area contributed by atoms with Crippen LogP contribution in [0.4, 0.5) is 0 Å². The summed E-state index contributed by atoms with van der Waals surface area (Å²) in [6.45, 7) is 3.78. The molecule has 0 fully saturated rings. The third kappa shape index (κ3) is 3.02. The summed E-state index contributed by atoms with van der Waals surface area (Å²) in [7, 11) is -3.94. The van der Waals surface area contributed by atoms with Crippen molar-refractivity contribution in [3.8, 4) is 5.75 Å².